The Morgan fingerprint density at radius 1 is 1.46 bits per heavy atom. The Morgan fingerprint density at radius 3 is 2.54 bits per heavy atom. The number of benzene rings is 1. The Kier molecular flexibility index (Phi) is 4.83. The molecule has 0 aliphatic carbocycles. The number of anilines is 2. The van der Waals surface area contributed by atoms with E-state index in [-0.39, 0.29) is 37.4 Å². The van der Waals surface area contributed by atoms with Gasteiger partial charge in [0.25, 0.3) is 0 Å². The zero-order valence-electron chi connectivity index (χ0n) is 8.45. The number of nitrogens with two attached hydrogens (primary N) is 2. The van der Waals surface area contributed by atoms with Gasteiger partial charge in [-0.1, -0.05) is 6.07 Å². The minimum Gasteiger partial charge on any atom is -1.00 e. The second kappa shape index (κ2) is 5.11. The van der Waals surface area contributed by atoms with Crippen LogP contribution in [0, 0.1) is 0 Å². The Hall–Kier alpha value is -0.710. The number of aliphatic carboxylic acids is 1. The van der Waals surface area contributed by atoms with Gasteiger partial charge in [0.05, 0.1) is 6.42 Å². The van der Waals surface area contributed by atoms with Gasteiger partial charge >= 0.3 is 35.5 Å². The van der Waals surface area contributed by atoms with E-state index >= 15 is 0 Å². The van der Waals surface area contributed by atoms with Crippen molar-refractivity contribution in [1.82, 2.24) is 0 Å². The molecule has 0 saturated heterocycles. The van der Waals surface area contributed by atoms with Gasteiger partial charge in [-0.15, -0.1) is 0 Å². The van der Waals surface area contributed by atoms with E-state index in [0.29, 0.717) is 16.9 Å². The molecule has 0 aromatic heterocycles. The number of carboxylic acid groups (broad SMARTS) is 1. The van der Waals surface area contributed by atoms with E-state index in [1.165, 1.54) is 0 Å². The molecule has 5 heteroatoms. The number of carbonyl (C=O) groups is 1. The molecule has 0 unspecified atom stereocenters. The average molecular weight is 190 g/mol. The first-order chi connectivity index (χ1) is 5.59. The molecule has 1 aromatic rings. The quantitative estimate of drug-likeness (QED) is 0.358. The number of carboxylic acids is 1. The molecule has 1 rings (SSSR count). The first-order valence-electron chi connectivity index (χ1n) is 3.45. The Morgan fingerprint density at radius 2 is 2.08 bits per heavy atom. The molecule has 0 aliphatic rings. The number of rotatable bonds is 2. The third kappa shape index (κ3) is 3.67. The van der Waals surface area contributed by atoms with Crippen LogP contribution in [0.3, 0.4) is 0 Å². The minimum absolute atomic E-state index is 0. The largest absolute Gasteiger partial charge is 1.00 e. The molecule has 0 heterocycles. The monoisotopic (exact) mass is 190 g/mol. The Balaban J connectivity index is 0. The third-order valence-corrected chi connectivity index (χ3v) is 1.51. The fourth-order valence-corrected chi connectivity index (χ4v) is 0.937. The molecule has 0 atom stereocenters. The van der Waals surface area contributed by atoms with Crippen LogP contribution in [-0.2, 0) is 11.2 Å². The summed E-state index contributed by atoms with van der Waals surface area (Å²) in [5, 5.41) is 8.47. The van der Waals surface area contributed by atoms with Crippen molar-refractivity contribution >= 4 is 17.3 Å². The van der Waals surface area contributed by atoms with Crippen molar-refractivity contribution in [1.29, 1.82) is 0 Å². The van der Waals surface area contributed by atoms with Crippen molar-refractivity contribution in [3.05, 3.63) is 23.8 Å². The molecule has 0 bridgehead atoms. The van der Waals surface area contributed by atoms with Crippen LogP contribution in [0.4, 0.5) is 11.4 Å². The molecule has 0 amide bonds. The van der Waals surface area contributed by atoms with Gasteiger partial charge in [0, 0.05) is 11.4 Å². The van der Waals surface area contributed by atoms with Crippen molar-refractivity contribution in [3.63, 3.8) is 0 Å². The first-order valence-corrected chi connectivity index (χ1v) is 3.45. The van der Waals surface area contributed by atoms with Gasteiger partial charge in [-0.3, -0.25) is 4.79 Å². The van der Waals surface area contributed by atoms with Crippen LogP contribution < -0.4 is 41.0 Å². The maximum absolute atomic E-state index is 10.3. The molecular weight excluding hydrogens is 179 g/mol. The Bertz CT molecular complexity index is 320. The summed E-state index contributed by atoms with van der Waals surface area (Å²) in [6, 6.07) is 4.81. The van der Waals surface area contributed by atoms with Gasteiger partial charge in [0.1, 0.15) is 0 Å². The molecule has 66 valence electrons. The normalized spacial score (nSPS) is 8.92. The summed E-state index contributed by atoms with van der Waals surface area (Å²) in [7, 11) is 0. The molecule has 0 radical (unpaired) electrons. The van der Waals surface area contributed by atoms with Gasteiger partial charge in [-0.25, -0.2) is 0 Å². The molecule has 5 N–H and O–H groups in total. The van der Waals surface area contributed by atoms with Crippen molar-refractivity contribution in [3.8, 4) is 0 Å². The summed E-state index contributed by atoms with van der Waals surface area (Å²) in [5.41, 5.74) is 12.5. The van der Waals surface area contributed by atoms with E-state index in [1.54, 1.807) is 18.2 Å². The smallest absolute Gasteiger partial charge is 1.00 e. The minimum atomic E-state index is -0.897. The van der Waals surface area contributed by atoms with E-state index < -0.39 is 5.97 Å². The van der Waals surface area contributed by atoms with Crippen molar-refractivity contribution in [2.75, 3.05) is 11.5 Å². The molecule has 13 heavy (non-hydrogen) atoms. The van der Waals surface area contributed by atoms with E-state index in [0.717, 1.165) is 0 Å². The van der Waals surface area contributed by atoms with Crippen LogP contribution in [0.2, 0.25) is 0 Å². The van der Waals surface area contributed by atoms with Gasteiger partial charge in [0.2, 0.25) is 0 Å². The number of nitrogen functional groups attached to an aromatic ring is 2. The summed E-state index contributed by atoms with van der Waals surface area (Å²) in [5.74, 6) is -0.897. The van der Waals surface area contributed by atoms with Crippen molar-refractivity contribution in [2.45, 2.75) is 6.42 Å². The molecule has 0 fully saturated rings. The average Bonchev–Trinajstić information content (AvgIpc) is 1.94. The first kappa shape index (κ1) is 12.3. The fourth-order valence-electron chi connectivity index (χ4n) is 0.937. The third-order valence-electron chi connectivity index (χ3n) is 1.51. The van der Waals surface area contributed by atoms with E-state index in [9.17, 15) is 4.79 Å². The van der Waals surface area contributed by atoms with Crippen LogP contribution in [0.5, 0.6) is 0 Å². The molecule has 0 spiro atoms. The predicted octanol–water partition coefficient (Wildman–Crippen LogP) is -2.41. The second-order valence-corrected chi connectivity index (χ2v) is 2.53. The number of hydrogen-bond acceptors (Lipinski definition) is 3. The van der Waals surface area contributed by atoms with Crippen LogP contribution in [0.1, 0.15) is 6.99 Å². The summed E-state index contributed by atoms with van der Waals surface area (Å²) in [4.78, 5) is 10.3. The maximum Gasteiger partial charge on any atom is 1.00 e. The topological polar surface area (TPSA) is 89.3 Å². The zero-order chi connectivity index (χ0) is 9.14. The van der Waals surface area contributed by atoms with Crippen LogP contribution in [-0.4, -0.2) is 11.1 Å². The maximum atomic E-state index is 10.3. The number of hydrogen-bond donors (Lipinski definition) is 3. The predicted molar refractivity (Wildman–Crippen MR) is 47.7 cm³/mol. The molecular formula is C8H11N2NaO2. The SMILES string of the molecule is Nc1ccc(CC(=O)O)c(N)c1.[H-].[Na+]. The van der Waals surface area contributed by atoms with Gasteiger partial charge in [0.15, 0.2) is 0 Å². The fraction of sp³-hybridized carbons (Fsp3) is 0.125. The molecule has 0 saturated carbocycles. The molecule has 0 aliphatic heterocycles. The zero-order valence-corrected chi connectivity index (χ0v) is 9.45. The summed E-state index contributed by atoms with van der Waals surface area (Å²) >= 11 is 0. The van der Waals surface area contributed by atoms with Crippen LogP contribution in [0.15, 0.2) is 18.2 Å². The van der Waals surface area contributed by atoms with Crippen molar-refractivity contribution < 1.29 is 40.9 Å². The van der Waals surface area contributed by atoms with Crippen molar-refractivity contribution in [2.24, 2.45) is 0 Å². The molecule has 4 nitrogen and oxygen atoms in total. The van der Waals surface area contributed by atoms with Crippen LogP contribution in [0.25, 0.3) is 0 Å². The Labute approximate surface area is 99.7 Å². The van der Waals surface area contributed by atoms with Gasteiger partial charge < -0.3 is 18.0 Å². The van der Waals surface area contributed by atoms with Gasteiger partial charge in [-0.2, -0.15) is 0 Å². The van der Waals surface area contributed by atoms with Gasteiger partial charge in [-0.05, 0) is 17.7 Å². The van der Waals surface area contributed by atoms with Crippen LogP contribution >= 0.6 is 0 Å². The summed E-state index contributed by atoms with van der Waals surface area (Å²) in [6.45, 7) is 0. The molecule has 1 aromatic carbocycles. The second-order valence-electron chi connectivity index (χ2n) is 2.53. The summed E-state index contributed by atoms with van der Waals surface area (Å²) < 4.78 is 0. The van der Waals surface area contributed by atoms with E-state index in [1.807, 2.05) is 0 Å². The standard InChI is InChI=1S/C8H10N2O2.Na.H/c9-6-2-1-5(3-8(11)12)7(10)4-6;;/h1-2,4H,3,9-10H2,(H,11,12);;/q;+1;-1. The van der Waals surface area contributed by atoms with E-state index in [2.05, 4.69) is 0 Å². The summed E-state index contributed by atoms with van der Waals surface area (Å²) in [6.07, 6.45) is -0.0634. The van der Waals surface area contributed by atoms with E-state index in [4.69, 9.17) is 16.6 Å².